The van der Waals surface area contributed by atoms with Crippen molar-refractivity contribution in [3.05, 3.63) is 59.7 Å². The number of anilines is 1. The molecule has 1 saturated heterocycles. The molecule has 1 fully saturated rings. The minimum absolute atomic E-state index is 0.0238. The van der Waals surface area contributed by atoms with Gasteiger partial charge in [-0.05, 0) is 73.7 Å². The minimum atomic E-state index is -0.182. The highest BCUT2D eigenvalue weighted by Crippen LogP contribution is 2.19. The summed E-state index contributed by atoms with van der Waals surface area (Å²) in [6, 6.07) is 15.8. The van der Waals surface area contributed by atoms with Crippen molar-refractivity contribution in [2.45, 2.75) is 39.0 Å². The molecule has 1 aliphatic rings. The van der Waals surface area contributed by atoms with Crippen LogP contribution in [0.3, 0.4) is 0 Å². The van der Waals surface area contributed by atoms with Crippen molar-refractivity contribution in [2.75, 3.05) is 31.6 Å². The molecule has 0 saturated carbocycles. The highest BCUT2D eigenvalue weighted by Gasteiger charge is 2.22. The first-order valence-corrected chi connectivity index (χ1v) is 11.0. The third-order valence-electron chi connectivity index (χ3n) is 5.86. The van der Waals surface area contributed by atoms with E-state index in [-0.39, 0.29) is 24.3 Å². The Morgan fingerprint density at radius 3 is 2.29 bits per heavy atom. The summed E-state index contributed by atoms with van der Waals surface area (Å²) in [7, 11) is 0. The predicted octanol–water partition coefficient (Wildman–Crippen LogP) is 3.57. The number of nitrogens with one attached hydrogen (secondary N) is 1. The molecule has 1 heterocycles. The fraction of sp³-hybridized carbons (Fsp3) is 0.440. The van der Waals surface area contributed by atoms with Crippen molar-refractivity contribution in [3.63, 3.8) is 0 Å². The molecule has 2 aromatic carbocycles. The summed E-state index contributed by atoms with van der Waals surface area (Å²) >= 11 is 0. The predicted molar refractivity (Wildman–Crippen MR) is 123 cm³/mol. The van der Waals surface area contributed by atoms with Gasteiger partial charge in [0.1, 0.15) is 5.75 Å². The van der Waals surface area contributed by atoms with Crippen LogP contribution < -0.4 is 15.8 Å². The zero-order valence-electron chi connectivity index (χ0n) is 18.5. The van der Waals surface area contributed by atoms with Crippen molar-refractivity contribution < 1.29 is 14.3 Å². The standard InChI is InChI=1S/C25H33N3O3/c1-18(2)20-5-9-23(10-6-20)31-17-24(29)27-22-7-3-19(4-8-22)11-14-28-15-12-21(13-16-28)25(26)30/h3-10,18,21H,11-17H2,1-2H3,(H2,26,30)(H,27,29). The molecule has 0 radical (unpaired) electrons. The molecule has 0 spiro atoms. The number of piperidine rings is 1. The van der Waals surface area contributed by atoms with Gasteiger partial charge in [-0.15, -0.1) is 0 Å². The Bertz CT molecular complexity index is 855. The second-order valence-electron chi connectivity index (χ2n) is 8.53. The fourth-order valence-electron chi connectivity index (χ4n) is 3.78. The molecule has 0 aliphatic carbocycles. The Balaban J connectivity index is 1.38. The molecule has 3 N–H and O–H groups in total. The molecule has 2 amide bonds. The fourth-order valence-corrected chi connectivity index (χ4v) is 3.78. The molecule has 31 heavy (non-hydrogen) atoms. The SMILES string of the molecule is CC(C)c1ccc(OCC(=O)Nc2ccc(CCN3CCC(C(N)=O)CC3)cc2)cc1. The molecule has 3 rings (SSSR count). The van der Waals surface area contributed by atoms with Crippen LogP contribution in [0.4, 0.5) is 5.69 Å². The maximum atomic E-state index is 12.2. The van der Waals surface area contributed by atoms with Gasteiger partial charge in [-0.1, -0.05) is 38.1 Å². The summed E-state index contributed by atoms with van der Waals surface area (Å²) in [5, 5.41) is 2.87. The second kappa shape index (κ2) is 11.0. The number of nitrogens with zero attached hydrogens (tertiary/aromatic N) is 1. The number of ether oxygens (including phenoxy) is 1. The zero-order valence-corrected chi connectivity index (χ0v) is 18.5. The van der Waals surface area contributed by atoms with Crippen LogP contribution in [0, 0.1) is 5.92 Å². The van der Waals surface area contributed by atoms with Gasteiger partial charge in [-0.2, -0.15) is 0 Å². The van der Waals surface area contributed by atoms with E-state index in [1.165, 1.54) is 11.1 Å². The number of hydrogen-bond donors (Lipinski definition) is 2. The van der Waals surface area contributed by atoms with E-state index in [9.17, 15) is 9.59 Å². The van der Waals surface area contributed by atoms with Gasteiger partial charge in [0.25, 0.3) is 5.91 Å². The summed E-state index contributed by atoms with van der Waals surface area (Å²) in [6.07, 6.45) is 2.64. The average molecular weight is 424 g/mol. The van der Waals surface area contributed by atoms with Gasteiger partial charge in [0.2, 0.25) is 5.91 Å². The van der Waals surface area contributed by atoms with Crippen LogP contribution in [0.2, 0.25) is 0 Å². The molecular weight excluding hydrogens is 390 g/mol. The molecule has 6 nitrogen and oxygen atoms in total. The average Bonchev–Trinajstić information content (AvgIpc) is 2.78. The summed E-state index contributed by atoms with van der Waals surface area (Å²) in [6.45, 7) is 7.06. The van der Waals surface area contributed by atoms with E-state index in [1.54, 1.807) is 0 Å². The molecular formula is C25H33N3O3. The van der Waals surface area contributed by atoms with E-state index in [0.29, 0.717) is 11.7 Å². The van der Waals surface area contributed by atoms with Gasteiger partial charge in [0, 0.05) is 18.2 Å². The summed E-state index contributed by atoms with van der Waals surface area (Å²) in [5.41, 5.74) is 8.62. The molecule has 1 aliphatic heterocycles. The second-order valence-corrected chi connectivity index (χ2v) is 8.53. The molecule has 0 unspecified atom stereocenters. The van der Waals surface area contributed by atoms with Crippen LogP contribution in [-0.4, -0.2) is 43.0 Å². The van der Waals surface area contributed by atoms with Gasteiger partial charge in [-0.25, -0.2) is 0 Å². The maximum Gasteiger partial charge on any atom is 0.262 e. The lowest BCUT2D eigenvalue weighted by molar-refractivity contribution is -0.123. The van der Waals surface area contributed by atoms with Crippen LogP contribution >= 0.6 is 0 Å². The number of nitrogens with two attached hydrogens (primary N) is 1. The van der Waals surface area contributed by atoms with Crippen LogP contribution in [0.15, 0.2) is 48.5 Å². The normalized spacial score (nSPS) is 15.1. The lowest BCUT2D eigenvalue weighted by atomic mass is 9.96. The first kappa shape index (κ1) is 22.8. The van der Waals surface area contributed by atoms with E-state index < -0.39 is 0 Å². The highest BCUT2D eigenvalue weighted by atomic mass is 16.5. The minimum Gasteiger partial charge on any atom is -0.484 e. The summed E-state index contributed by atoms with van der Waals surface area (Å²) < 4.78 is 5.58. The number of benzene rings is 2. The Labute approximate surface area is 184 Å². The van der Waals surface area contributed by atoms with Gasteiger partial charge in [-0.3, -0.25) is 9.59 Å². The van der Waals surface area contributed by atoms with Crippen molar-refractivity contribution in [2.24, 2.45) is 11.7 Å². The van der Waals surface area contributed by atoms with Crippen LogP contribution in [0.5, 0.6) is 5.75 Å². The van der Waals surface area contributed by atoms with E-state index in [1.807, 2.05) is 48.5 Å². The smallest absolute Gasteiger partial charge is 0.262 e. The number of rotatable bonds is 9. The number of amides is 2. The molecule has 166 valence electrons. The van der Waals surface area contributed by atoms with Crippen LogP contribution in [0.25, 0.3) is 0 Å². The monoisotopic (exact) mass is 423 g/mol. The molecule has 0 aromatic heterocycles. The highest BCUT2D eigenvalue weighted by molar-refractivity contribution is 5.91. The summed E-state index contributed by atoms with van der Waals surface area (Å²) in [5.74, 6) is 0.830. The third kappa shape index (κ3) is 7.10. The number of primary amides is 1. The van der Waals surface area contributed by atoms with Crippen molar-refractivity contribution in [1.82, 2.24) is 4.90 Å². The van der Waals surface area contributed by atoms with Crippen LogP contribution in [-0.2, 0) is 16.0 Å². The van der Waals surface area contributed by atoms with Gasteiger partial charge >= 0.3 is 0 Å². The number of carbonyl (C=O) groups is 2. The lowest BCUT2D eigenvalue weighted by Gasteiger charge is -2.30. The first-order chi connectivity index (χ1) is 14.9. The Morgan fingerprint density at radius 1 is 1.06 bits per heavy atom. The maximum absolute atomic E-state index is 12.2. The van der Waals surface area contributed by atoms with Crippen molar-refractivity contribution in [1.29, 1.82) is 0 Å². The first-order valence-electron chi connectivity index (χ1n) is 11.0. The summed E-state index contributed by atoms with van der Waals surface area (Å²) in [4.78, 5) is 25.8. The van der Waals surface area contributed by atoms with Crippen molar-refractivity contribution in [3.8, 4) is 5.75 Å². The topological polar surface area (TPSA) is 84.7 Å². The molecule has 6 heteroatoms. The lowest BCUT2D eigenvalue weighted by Crippen LogP contribution is -2.39. The Kier molecular flexibility index (Phi) is 8.06. The number of likely N-dealkylation sites (tertiary alicyclic amines) is 1. The Hall–Kier alpha value is -2.86. The molecule has 0 atom stereocenters. The van der Waals surface area contributed by atoms with E-state index >= 15 is 0 Å². The van der Waals surface area contributed by atoms with E-state index in [2.05, 4.69) is 24.1 Å². The zero-order chi connectivity index (χ0) is 22.2. The molecule has 0 bridgehead atoms. The number of carbonyl (C=O) groups excluding carboxylic acids is 2. The van der Waals surface area contributed by atoms with E-state index in [0.717, 1.165) is 44.6 Å². The van der Waals surface area contributed by atoms with E-state index in [4.69, 9.17) is 10.5 Å². The van der Waals surface area contributed by atoms with Crippen LogP contribution in [0.1, 0.15) is 43.7 Å². The van der Waals surface area contributed by atoms with Gasteiger partial charge < -0.3 is 20.7 Å². The largest absolute Gasteiger partial charge is 0.484 e. The number of hydrogen-bond acceptors (Lipinski definition) is 4. The Morgan fingerprint density at radius 2 is 1.71 bits per heavy atom. The quantitative estimate of drug-likeness (QED) is 0.646. The van der Waals surface area contributed by atoms with Gasteiger partial charge in [0.05, 0.1) is 0 Å². The van der Waals surface area contributed by atoms with Crippen molar-refractivity contribution >= 4 is 17.5 Å². The third-order valence-corrected chi connectivity index (χ3v) is 5.86. The molecule has 2 aromatic rings. The van der Waals surface area contributed by atoms with Gasteiger partial charge in [0.15, 0.2) is 6.61 Å².